The van der Waals surface area contributed by atoms with Gasteiger partial charge in [-0.1, -0.05) is 6.92 Å². The summed E-state index contributed by atoms with van der Waals surface area (Å²) in [6.45, 7) is 4.46. The third-order valence-electron chi connectivity index (χ3n) is 2.51. The van der Waals surface area contributed by atoms with Gasteiger partial charge in [-0.25, -0.2) is 0 Å². The molecule has 2 heterocycles. The molecule has 0 aliphatic heterocycles. The Kier molecular flexibility index (Phi) is 4.54. The Morgan fingerprint density at radius 3 is 2.58 bits per heavy atom. The maximum atomic E-state index is 5.68. The number of nitrogens with zero attached hydrogens (tertiary/aromatic N) is 4. The number of hydrogen-bond acceptors (Lipinski definition) is 6. The highest BCUT2D eigenvalue weighted by molar-refractivity contribution is 5.50. The van der Waals surface area contributed by atoms with E-state index in [-0.39, 0.29) is 5.95 Å². The summed E-state index contributed by atoms with van der Waals surface area (Å²) in [4.78, 5) is 8.27. The van der Waals surface area contributed by atoms with Crippen LogP contribution in [0.2, 0.25) is 0 Å². The lowest BCUT2D eigenvalue weighted by atomic mass is 10.4. The maximum Gasteiger partial charge on any atom is 0.223 e. The average molecular weight is 261 g/mol. The van der Waals surface area contributed by atoms with Crippen LogP contribution in [-0.2, 0) is 6.54 Å². The maximum absolute atomic E-state index is 5.68. The fraction of sp³-hybridized carbons (Fsp3) is 0.417. The molecule has 2 aromatic heterocycles. The minimum absolute atomic E-state index is 0.266. The Balaban J connectivity index is 1.90. The third-order valence-corrected chi connectivity index (χ3v) is 2.51. The lowest BCUT2D eigenvalue weighted by Crippen LogP contribution is -2.13. The Morgan fingerprint density at radius 2 is 1.95 bits per heavy atom. The summed E-state index contributed by atoms with van der Waals surface area (Å²) >= 11 is 0. The molecule has 0 saturated heterocycles. The van der Waals surface area contributed by atoms with E-state index in [4.69, 9.17) is 5.73 Å². The molecule has 0 bridgehead atoms. The van der Waals surface area contributed by atoms with Gasteiger partial charge in [-0.3, -0.25) is 4.68 Å². The number of nitrogens with one attached hydrogen (secondary N) is 2. The van der Waals surface area contributed by atoms with Crippen molar-refractivity contribution in [3.63, 3.8) is 0 Å². The molecule has 0 aliphatic rings. The molecule has 0 saturated carbocycles. The van der Waals surface area contributed by atoms with Crippen molar-refractivity contribution in [1.29, 1.82) is 0 Å². The monoisotopic (exact) mass is 261 g/mol. The molecule has 102 valence electrons. The number of nitrogen functional groups attached to an aromatic ring is 1. The summed E-state index contributed by atoms with van der Waals surface area (Å²) in [6, 6.07) is 3.75. The zero-order valence-electron chi connectivity index (χ0n) is 11.0. The van der Waals surface area contributed by atoms with Gasteiger partial charge in [-0.2, -0.15) is 15.1 Å². The molecule has 0 atom stereocenters. The molecule has 0 aromatic carbocycles. The zero-order chi connectivity index (χ0) is 13.5. The van der Waals surface area contributed by atoms with Crippen molar-refractivity contribution in [2.24, 2.45) is 0 Å². The van der Waals surface area contributed by atoms with Crippen LogP contribution in [0.5, 0.6) is 0 Å². The van der Waals surface area contributed by atoms with Crippen molar-refractivity contribution in [1.82, 2.24) is 19.7 Å². The molecule has 0 unspecified atom stereocenters. The summed E-state index contributed by atoms with van der Waals surface area (Å²) in [7, 11) is 0. The van der Waals surface area contributed by atoms with Crippen molar-refractivity contribution >= 4 is 17.6 Å². The third kappa shape index (κ3) is 4.13. The van der Waals surface area contributed by atoms with E-state index in [1.807, 2.05) is 23.0 Å². The van der Waals surface area contributed by atoms with E-state index in [9.17, 15) is 0 Å². The standard InChI is InChI=1S/C12H19N7/c1-2-4-14-10-9-11(18-12(13)17-10)15-6-8-19-7-3-5-16-19/h3,5,7,9H,2,4,6,8H2,1H3,(H4,13,14,15,17,18). The van der Waals surface area contributed by atoms with Crippen molar-refractivity contribution in [2.75, 3.05) is 29.5 Å². The Hall–Kier alpha value is -2.31. The van der Waals surface area contributed by atoms with E-state index < -0.39 is 0 Å². The molecule has 0 aliphatic carbocycles. The topological polar surface area (TPSA) is 93.7 Å². The van der Waals surface area contributed by atoms with E-state index in [0.717, 1.165) is 37.7 Å². The van der Waals surface area contributed by atoms with Gasteiger partial charge in [-0.05, 0) is 12.5 Å². The zero-order valence-corrected chi connectivity index (χ0v) is 11.0. The first-order chi connectivity index (χ1) is 9.28. The highest BCUT2D eigenvalue weighted by atomic mass is 15.3. The number of hydrogen-bond donors (Lipinski definition) is 3. The van der Waals surface area contributed by atoms with Crippen LogP contribution < -0.4 is 16.4 Å². The van der Waals surface area contributed by atoms with E-state index in [1.54, 1.807) is 6.20 Å². The van der Waals surface area contributed by atoms with Crippen LogP contribution >= 0.6 is 0 Å². The molecule has 7 nitrogen and oxygen atoms in total. The normalized spacial score (nSPS) is 10.4. The van der Waals surface area contributed by atoms with Crippen LogP contribution in [0.25, 0.3) is 0 Å². The molecular weight excluding hydrogens is 242 g/mol. The van der Waals surface area contributed by atoms with Crippen LogP contribution in [0.4, 0.5) is 17.6 Å². The molecule has 4 N–H and O–H groups in total. The van der Waals surface area contributed by atoms with Crippen LogP contribution in [0.3, 0.4) is 0 Å². The highest BCUT2D eigenvalue weighted by Gasteiger charge is 2.01. The minimum atomic E-state index is 0.266. The smallest absolute Gasteiger partial charge is 0.223 e. The Morgan fingerprint density at radius 1 is 1.21 bits per heavy atom. The minimum Gasteiger partial charge on any atom is -0.370 e. The van der Waals surface area contributed by atoms with Gasteiger partial charge in [-0.15, -0.1) is 0 Å². The van der Waals surface area contributed by atoms with E-state index in [2.05, 4.69) is 32.6 Å². The van der Waals surface area contributed by atoms with Gasteiger partial charge in [0.15, 0.2) is 0 Å². The number of rotatable bonds is 7. The molecule has 7 heteroatoms. The lowest BCUT2D eigenvalue weighted by molar-refractivity contribution is 0.637. The van der Waals surface area contributed by atoms with Gasteiger partial charge in [0.2, 0.25) is 5.95 Å². The summed E-state index contributed by atoms with van der Waals surface area (Å²) in [5.74, 6) is 1.73. The van der Waals surface area contributed by atoms with E-state index in [0.29, 0.717) is 0 Å². The largest absolute Gasteiger partial charge is 0.370 e. The van der Waals surface area contributed by atoms with E-state index >= 15 is 0 Å². The number of aromatic nitrogens is 4. The van der Waals surface area contributed by atoms with Crippen LogP contribution in [0, 0.1) is 0 Å². The predicted octanol–water partition coefficient (Wildman–Crippen LogP) is 1.19. The van der Waals surface area contributed by atoms with Gasteiger partial charge in [0.25, 0.3) is 0 Å². The highest BCUT2D eigenvalue weighted by Crippen LogP contribution is 2.12. The summed E-state index contributed by atoms with van der Waals surface area (Å²) in [5.41, 5.74) is 5.68. The molecule has 0 fully saturated rings. The first-order valence-corrected chi connectivity index (χ1v) is 6.37. The van der Waals surface area contributed by atoms with Crippen molar-refractivity contribution in [3.05, 3.63) is 24.5 Å². The number of nitrogens with two attached hydrogens (primary N) is 1. The van der Waals surface area contributed by atoms with Crippen LogP contribution in [0.1, 0.15) is 13.3 Å². The molecule has 2 rings (SSSR count). The van der Waals surface area contributed by atoms with Gasteiger partial charge in [0.05, 0.1) is 6.54 Å². The second-order valence-electron chi connectivity index (χ2n) is 4.12. The van der Waals surface area contributed by atoms with Crippen molar-refractivity contribution < 1.29 is 0 Å². The number of anilines is 3. The first-order valence-electron chi connectivity index (χ1n) is 6.37. The predicted molar refractivity (Wildman–Crippen MR) is 75.9 cm³/mol. The summed E-state index contributed by atoms with van der Waals surface area (Å²) in [5, 5.41) is 10.5. The van der Waals surface area contributed by atoms with Crippen molar-refractivity contribution in [3.8, 4) is 0 Å². The second-order valence-corrected chi connectivity index (χ2v) is 4.12. The Labute approximate surface area is 112 Å². The fourth-order valence-corrected chi connectivity index (χ4v) is 1.63. The quantitative estimate of drug-likeness (QED) is 0.693. The molecular formula is C12H19N7. The SMILES string of the molecule is CCCNc1cc(NCCn2cccn2)nc(N)n1. The van der Waals surface area contributed by atoms with Gasteiger partial charge < -0.3 is 16.4 Å². The summed E-state index contributed by atoms with van der Waals surface area (Å²) < 4.78 is 1.85. The van der Waals surface area contributed by atoms with Crippen LogP contribution in [0.15, 0.2) is 24.5 Å². The van der Waals surface area contributed by atoms with Gasteiger partial charge >= 0.3 is 0 Å². The van der Waals surface area contributed by atoms with Gasteiger partial charge in [0.1, 0.15) is 11.6 Å². The van der Waals surface area contributed by atoms with Crippen LogP contribution in [-0.4, -0.2) is 32.8 Å². The molecule has 0 spiro atoms. The first kappa shape index (κ1) is 13.1. The Bertz CT molecular complexity index is 495. The van der Waals surface area contributed by atoms with E-state index in [1.165, 1.54) is 0 Å². The molecule has 2 aromatic rings. The van der Waals surface area contributed by atoms with Gasteiger partial charge in [0, 0.05) is 31.5 Å². The lowest BCUT2D eigenvalue weighted by Gasteiger charge is -2.09. The summed E-state index contributed by atoms with van der Waals surface area (Å²) in [6.07, 6.45) is 4.71. The second kappa shape index (κ2) is 6.58. The molecule has 19 heavy (non-hydrogen) atoms. The molecule has 0 radical (unpaired) electrons. The average Bonchev–Trinajstić information content (AvgIpc) is 2.89. The molecule has 0 amide bonds. The fourth-order valence-electron chi connectivity index (χ4n) is 1.63. The van der Waals surface area contributed by atoms with Crippen molar-refractivity contribution in [2.45, 2.75) is 19.9 Å².